The summed E-state index contributed by atoms with van der Waals surface area (Å²) in [5.41, 5.74) is -4.74. The molecule has 0 aromatic heterocycles. The summed E-state index contributed by atoms with van der Waals surface area (Å²) < 4.78 is 175. The van der Waals surface area contributed by atoms with E-state index in [0.717, 1.165) is 31.2 Å². The molecule has 0 bridgehead atoms. The third-order valence-electron chi connectivity index (χ3n) is 7.85. The first-order valence-corrected chi connectivity index (χ1v) is 15.0. The molecule has 50 heavy (non-hydrogen) atoms. The predicted octanol–water partition coefficient (Wildman–Crippen LogP) is 12.5. The molecule has 0 saturated carbocycles. The monoisotopic (exact) mass is 712 g/mol. The number of halogens is 12. The summed E-state index contributed by atoms with van der Waals surface area (Å²) in [5, 5.41) is 0. The molecule has 0 atom stereocenters. The van der Waals surface area contributed by atoms with Gasteiger partial charge < -0.3 is 4.74 Å². The molecule has 5 aromatic rings. The third kappa shape index (κ3) is 7.61. The van der Waals surface area contributed by atoms with E-state index in [1.165, 1.54) is 18.2 Å². The van der Waals surface area contributed by atoms with E-state index in [1.54, 1.807) is 0 Å². The van der Waals surface area contributed by atoms with Crippen molar-refractivity contribution < 1.29 is 57.4 Å². The Balaban J connectivity index is 1.40. The molecule has 262 valence electrons. The summed E-state index contributed by atoms with van der Waals surface area (Å²) in [6.07, 6.45) is -6.51. The molecule has 0 amide bonds. The van der Waals surface area contributed by atoms with Gasteiger partial charge in [-0.25, -0.2) is 30.7 Å². The molecule has 13 heteroatoms. The largest absolute Gasteiger partial charge is 0.432 e. The van der Waals surface area contributed by atoms with E-state index < -0.39 is 81.0 Å². The molecule has 5 rings (SSSR count). The van der Waals surface area contributed by atoms with E-state index in [4.69, 9.17) is 0 Å². The Morgan fingerprint density at radius 1 is 0.500 bits per heavy atom. The molecule has 0 aliphatic rings. The van der Waals surface area contributed by atoms with Crippen LogP contribution in [-0.2, 0) is 18.7 Å². The first-order valence-electron chi connectivity index (χ1n) is 15.0. The van der Waals surface area contributed by atoms with Gasteiger partial charge in [-0.3, -0.25) is 0 Å². The number of alkyl halides is 5. The van der Waals surface area contributed by atoms with Crippen LogP contribution in [0.2, 0.25) is 0 Å². The Hall–Kier alpha value is -4.94. The number of ether oxygens (including phenoxy) is 1. The van der Waals surface area contributed by atoms with Gasteiger partial charge in [0.25, 0.3) is 0 Å². The van der Waals surface area contributed by atoms with Gasteiger partial charge in [0.15, 0.2) is 0 Å². The maximum atomic E-state index is 15.3. The van der Waals surface area contributed by atoms with Gasteiger partial charge >= 0.3 is 12.3 Å². The van der Waals surface area contributed by atoms with Gasteiger partial charge in [0, 0.05) is 17.7 Å². The Bertz CT molecular complexity index is 1970. The van der Waals surface area contributed by atoms with Gasteiger partial charge in [0.05, 0.1) is 5.56 Å². The predicted molar refractivity (Wildman–Crippen MR) is 162 cm³/mol. The Kier molecular flexibility index (Phi) is 10.3. The molecule has 1 nitrogen and oxygen atoms in total. The Morgan fingerprint density at radius 2 is 1.00 bits per heavy atom. The summed E-state index contributed by atoms with van der Waals surface area (Å²) in [5.74, 6) is -14.2. The van der Waals surface area contributed by atoms with Gasteiger partial charge in [-0.2, -0.15) is 22.0 Å². The minimum absolute atomic E-state index is 0.120. The van der Waals surface area contributed by atoms with Crippen LogP contribution in [0.25, 0.3) is 33.4 Å². The highest BCUT2D eigenvalue weighted by Crippen LogP contribution is 2.41. The van der Waals surface area contributed by atoms with Crippen molar-refractivity contribution in [2.75, 3.05) is 0 Å². The SMILES string of the molecule is CCCCCc1ccc(-c2ccc(-c3cc(F)c(-c4cc(F)c(C(F)(F)Oc5cc(F)c(C(F)(F)F)c(F)c5)c(F)c4)c(F)c3)c(F)c2)cc1. The summed E-state index contributed by atoms with van der Waals surface area (Å²) >= 11 is 0. The van der Waals surface area contributed by atoms with E-state index in [1.807, 2.05) is 24.3 Å². The molecule has 0 aliphatic carbocycles. The number of unbranched alkanes of at least 4 members (excludes halogenated alkanes) is 2. The number of benzene rings is 5. The molecule has 0 spiro atoms. The normalized spacial score (nSPS) is 12.0. The van der Waals surface area contributed by atoms with Crippen molar-refractivity contribution in [3.05, 3.63) is 136 Å². The quantitative estimate of drug-likeness (QED) is 0.103. The van der Waals surface area contributed by atoms with Crippen molar-refractivity contribution in [3.63, 3.8) is 0 Å². The van der Waals surface area contributed by atoms with Crippen LogP contribution < -0.4 is 4.74 Å². The standard InChI is InChI=1S/C37H24F12O/c1-2-3-4-5-19-6-8-20(9-7-19)21-10-11-25(26(38)12-21)22-13-27(39)33(28(40)14-22)23-15-29(41)35(30(42)16-23)37(48,49)50-24-17-31(43)34(32(44)18-24)36(45,46)47/h6-18H,2-5H2,1H3. The molecule has 0 unspecified atom stereocenters. The van der Waals surface area contributed by atoms with Gasteiger partial charge in [0.2, 0.25) is 0 Å². The first kappa shape index (κ1) is 36.3. The van der Waals surface area contributed by atoms with Crippen molar-refractivity contribution in [2.24, 2.45) is 0 Å². The topological polar surface area (TPSA) is 9.23 Å². The molecule has 5 aromatic carbocycles. The van der Waals surface area contributed by atoms with E-state index in [2.05, 4.69) is 11.7 Å². The number of hydrogen-bond acceptors (Lipinski definition) is 1. The lowest BCUT2D eigenvalue weighted by molar-refractivity contribution is -0.189. The molecule has 0 N–H and O–H groups in total. The van der Waals surface area contributed by atoms with Crippen LogP contribution >= 0.6 is 0 Å². The van der Waals surface area contributed by atoms with Crippen LogP contribution in [0, 0.1) is 40.7 Å². The highest BCUT2D eigenvalue weighted by Gasteiger charge is 2.43. The maximum Gasteiger partial charge on any atom is 0.432 e. The maximum absolute atomic E-state index is 15.3. The summed E-state index contributed by atoms with van der Waals surface area (Å²) in [4.78, 5) is 0. The average molecular weight is 713 g/mol. The van der Waals surface area contributed by atoms with E-state index in [-0.39, 0.29) is 35.4 Å². The minimum Gasteiger partial charge on any atom is -0.429 e. The highest BCUT2D eigenvalue weighted by atomic mass is 19.4. The summed E-state index contributed by atoms with van der Waals surface area (Å²) in [7, 11) is 0. The smallest absolute Gasteiger partial charge is 0.429 e. The molecule has 0 fully saturated rings. The zero-order chi connectivity index (χ0) is 36.5. The lowest BCUT2D eigenvalue weighted by Crippen LogP contribution is -2.25. The minimum atomic E-state index is -5.54. The lowest BCUT2D eigenvalue weighted by atomic mass is 9.95. The second-order valence-electron chi connectivity index (χ2n) is 11.4. The van der Waals surface area contributed by atoms with Gasteiger partial charge in [-0.05, 0) is 71.0 Å². The Labute approximate surface area is 277 Å². The molecule has 0 saturated heterocycles. The summed E-state index contributed by atoms with van der Waals surface area (Å²) in [6.45, 7) is 2.10. The molecular formula is C37H24F12O. The van der Waals surface area contributed by atoms with Gasteiger partial charge in [0.1, 0.15) is 57.6 Å². The fourth-order valence-corrected chi connectivity index (χ4v) is 5.45. The lowest BCUT2D eigenvalue weighted by Gasteiger charge is -2.21. The zero-order valence-corrected chi connectivity index (χ0v) is 25.8. The van der Waals surface area contributed by atoms with Crippen LogP contribution in [0.4, 0.5) is 52.7 Å². The van der Waals surface area contributed by atoms with Crippen molar-refractivity contribution in [3.8, 4) is 39.1 Å². The first-order chi connectivity index (χ1) is 23.5. The van der Waals surface area contributed by atoms with Crippen LogP contribution in [0.1, 0.15) is 42.9 Å². The second kappa shape index (κ2) is 14.1. The average Bonchev–Trinajstić information content (AvgIpc) is 2.99. The molecule has 0 radical (unpaired) electrons. The fourth-order valence-electron chi connectivity index (χ4n) is 5.45. The van der Waals surface area contributed by atoms with Crippen LogP contribution in [-0.4, -0.2) is 0 Å². The van der Waals surface area contributed by atoms with Crippen molar-refractivity contribution in [2.45, 2.75) is 44.9 Å². The van der Waals surface area contributed by atoms with Crippen molar-refractivity contribution in [1.82, 2.24) is 0 Å². The number of aryl methyl sites for hydroxylation is 1. The van der Waals surface area contributed by atoms with Crippen LogP contribution in [0.15, 0.2) is 78.9 Å². The number of hydrogen-bond donors (Lipinski definition) is 0. The second-order valence-corrected chi connectivity index (χ2v) is 11.4. The van der Waals surface area contributed by atoms with Gasteiger partial charge in [-0.15, -0.1) is 0 Å². The van der Waals surface area contributed by atoms with E-state index >= 15 is 13.2 Å². The molecule has 0 heterocycles. The van der Waals surface area contributed by atoms with Crippen molar-refractivity contribution >= 4 is 0 Å². The molecule has 0 aliphatic heterocycles. The third-order valence-corrected chi connectivity index (χ3v) is 7.85. The zero-order valence-electron chi connectivity index (χ0n) is 25.8. The van der Waals surface area contributed by atoms with Crippen LogP contribution in [0.3, 0.4) is 0 Å². The van der Waals surface area contributed by atoms with Crippen molar-refractivity contribution in [1.29, 1.82) is 0 Å². The van der Waals surface area contributed by atoms with E-state index in [0.29, 0.717) is 23.3 Å². The summed E-state index contributed by atoms with van der Waals surface area (Å²) in [6, 6.07) is 12.6. The van der Waals surface area contributed by atoms with Gasteiger partial charge in [-0.1, -0.05) is 56.2 Å². The number of rotatable bonds is 10. The molecular weight excluding hydrogens is 688 g/mol. The Morgan fingerprint density at radius 3 is 1.52 bits per heavy atom. The fraction of sp³-hybridized carbons (Fsp3) is 0.189. The van der Waals surface area contributed by atoms with Crippen LogP contribution in [0.5, 0.6) is 5.75 Å². The highest BCUT2D eigenvalue weighted by molar-refractivity contribution is 5.75. The van der Waals surface area contributed by atoms with E-state index in [9.17, 15) is 39.5 Å².